The van der Waals surface area contributed by atoms with E-state index in [4.69, 9.17) is 9.15 Å². The topological polar surface area (TPSA) is 93.3 Å². The summed E-state index contributed by atoms with van der Waals surface area (Å²) in [6.07, 6.45) is 3.94. The zero-order chi connectivity index (χ0) is 22.3. The number of hydrogen-bond donors (Lipinski definition) is 1. The molecule has 7 heteroatoms. The van der Waals surface area contributed by atoms with Gasteiger partial charge in [-0.1, -0.05) is 54.6 Å². The minimum atomic E-state index is -0.323. The van der Waals surface area contributed by atoms with Crippen LogP contribution >= 0.6 is 0 Å². The van der Waals surface area contributed by atoms with Crippen molar-refractivity contribution < 1.29 is 18.7 Å². The van der Waals surface area contributed by atoms with Gasteiger partial charge in [0.1, 0.15) is 23.7 Å². The van der Waals surface area contributed by atoms with Gasteiger partial charge in [-0.25, -0.2) is 0 Å². The van der Waals surface area contributed by atoms with Crippen LogP contribution in [0.15, 0.2) is 87.5 Å². The van der Waals surface area contributed by atoms with Gasteiger partial charge in [0.05, 0.1) is 5.71 Å². The van der Waals surface area contributed by atoms with Gasteiger partial charge in [-0.05, 0) is 30.7 Å². The molecule has 4 rings (SSSR count). The van der Waals surface area contributed by atoms with Crippen LogP contribution in [0.3, 0.4) is 0 Å². The van der Waals surface area contributed by atoms with E-state index in [1.165, 1.54) is 6.20 Å². The van der Waals surface area contributed by atoms with Crippen molar-refractivity contribution in [2.75, 3.05) is 6.61 Å². The van der Waals surface area contributed by atoms with Crippen molar-refractivity contribution in [2.45, 2.75) is 12.8 Å². The summed E-state index contributed by atoms with van der Waals surface area (Å²) in [7, 11) is 0. The molecule has 1 amide bonds. The number of carbonyl (C=O) groups excluding carboxylic acids is 2. The van der Waals surface area contributed by atoms with Crippen molar-refractivity contribution in [1.82, 2.24) is 5.32 Å². The quantitative estimate of drug-likeness (QED) is 0.564. The first kappa shape index (κ1) is 21.0. The molecule has 0 bridgehead atoms. The molecule has 32 heavy (non-hydrogen) atoms. The number of aldehydes is 1. The molecular weight excluding hydrogens is 406 g/mol. The molecule has 1 N–H and O–H groups in total. The maximum Gasteiger partial charge on any atom is 0.261 e. The average molecular weight is 427 g/mol. The molecule has 0 radical (unpaired) electrons. The number of nitrogens with zero attached hydrogens (tertiary/aromatic N) is 2. The molecule has 0 spiro atoms. The van der Waals surface area contributed by atoms with E-state index in [2.05, 4.69) is 15.5 Å². The van der Waals surface area contributed by atoms with E-state index in [9.17, 15) is 9.59 Å². The molecule has 7 nitrogen and oxygen atoms in total. The predicted molar refractivity (Wildman–Crippen MR) is 122 cm³/mol. The van der Waals surface area contributed by atoms with Gasteiger partial charge in [-0.15, -0.1) is 5.10 Å². The van der Waals surface area contributed by atoms with Crippen LogP contribution in [0, 0.1) is 0 Å². The van der Waals surface area contributed by atoms with Gasteiger partial charge in [-0.2, -0.15) is 5.10 Å². The van der Waals surface area contributed by atoms with Crippen molar-refractivity contribution in [1.29, 1.82) is 0 Å². The molecule has 1 unspecified atom stereocenters. The van der Waals surface area contributed by atoms with Gasteiger partial charge in [0.25, 0.3) is 5.91 Å². The van der Waals surface area contributed by atoms with Gasteiger partial charge in [-0.3, -0.25) is 9.59 Å². The summed E-state index contributed by atoms with van der Waals surface area (Å²) < 4.78 is 11.4. The van der Waals surface area contributed by atoms with E-state index in [0.29, 0.717) is 23.0 Å². The van der Waals surface area contributed by atoms with E-state index in [1.54, 1.807) is 24.3 Å². The molecular formula is C25H21N3O4. The van der Waals surface area contributed by atoms with E-state index < -0.39 is 0 Å². The third kappa shape index (κ3) is 4.89. The fourth-order valence-electron chi connectivity index (χ4n) is 3.29. The van der Waals surface area contributed by atoms with Crippen LogP contribution in [0.4, 0.5) is 0 Å². The van der Waals surface area contributed by atoms with Crippen molar-refractivity contribution in [3.63, 3.8) is 0 Å². The Kier molecular flexibility index (Phi) is 6.36. The van der Waals surface area contributed by atoms with E-state index >= 15 is 0 Å². The number of nitrogens with one attached hydrogen (secondary N) is 1. The Morgan fingerprint density at radius 1 is 1.06 bits per heavy atom. The second kappa shape index (κ2) is 9.70. The Balaban J connectivity index is 1.29. The molecule has 2 heterocycles. The number of rotatable bonds is 7. The highest BCUT2D eigenvalue weighted by Crippen LogP contribution is 2.25. The molecule has 1 aliphatic rings. The van der Waals surface area contributed by atoms with E-state index in [1.807, 2.05) is 55.5 Å². The van der Waals surface area contributed by atoms with Gasteiger partial charge in [0, 0.05) is 17.3 Å². The van der Waals surface area contributed by atoms with Crippen LogP contribution in [0.25, 0.3) is 17.4 Å². The second-order valence-electron chi connectivity index (χ2n) is 7.15. The molecule has 160 valence electrons. The van der Waals surface area contributed by atoms with Crippen LogP contribution in [-0.4, -0.2) is 30.4 Å². The summed E-state index contributed by atoms with van der Waals surface area (Å²) in [5.74, 6) is 1.15. The lowest BCUT2D eigenvalue weighted by atomic mass is 9.95. The number of furan rings is 1. The summed E-state index contributed by atoms with van der Waals surface area (Å²) in [6, 6.07) is 20.5. The highest BCUT2D eigenvalue weighted by Gasteiger charge is 2.28. The monoisotopic (exact) mass is 427 g/mol. The van der Waals surface area contributed by atoms with Crippen molar-refractivity contribution in [3.05, 3.63) is 89.8 Å². The Morgan fingerprint density at radius 3 is 2.59 bits per heavy atom. The zero-order valence-electron chi connectivity index (χ0n) is 17.4. The van der Waals surface area contributed by atoms with Crippen LogP contribution in [0.1, 0.15) is 34.5 Å². The SMILES string of the molecule is CC1=NN=C(OCC(=O)N/C=C/c2ccc(-c3ccc(C=O)cc3)o2)C1c1ccccc1. The van der Waals surface area contributed by atoms with E-state index in [-0.39, 0.29) is 18.4 Å². The van der Waals surface area contributed by atoms with Gasteiger partial charge in [0.2, 0.25) is 5.90 Å². The predicted octanol–water partition coefficient (Wildman–Crippen LogP) is 4.43. The molecule has 3 aromatic rings. The zero-order valence-corrected chi connectivity index (χ0v) is 17.4. The minimum absolute atomic E-state index is 0.179. The minimum Gasteiger partial charge on any atom is -0.469 e. The Labute approximate surface area is 185 Å². The Hall–Kier alpha value is -4.26. The summed E-state index contributed by atoms with van der Waals surface area (Å²) in [5.41, 5.74) is 3.29. The lowest BCUT2D eigenvalue weighted by molar-refractivity contribution is -0.122. The highest BCUT2D eigenvalue weighted by molar-refractivity contribution is 6.11. The largest absolute Gasteiger partial charge is 0.469 e. The first-order chi connectivity index (χ1) is 15.6. The second-order valence-corrected chi connectivity index (χ2v) is 7.15. The van der Waals surface area contributed by atoms with Crippen LogP contribution in [-0.2, 0) is 9.53 Å². The van der Waals surface area contributed by atoms with Gasteiger partial charge < -0.3 is 14.5 Å². The molecule has 1 atom stereocenters. The normalized spacial score (nSPS) is 15.3. The number of ether oxygens (including phenoxy) is 1. The molecule has 2 aromatic carbocycles. The first-order valence-corrected chi connectivity index (χ1v) is 10.0. The van der Waals surface area contributed by atoms with Crippen molar-refractivity contribution in [2.24, 2.45) is 10.2 Å². The molecule has 0 saturated carbocycles. The van der Waals surface area contributed by atoms with Crippen LogP contribution in [0.5, 0.6) is 0 Å². The van der Waals surface area contributed by atoms with Crippen molar-refractivity contribution >= 4 is 29.9 Å². The lowest BCUT2D eigenvalue weighted by Crippen LogP contribution is -2.27. The summed E-state index contributed by atoms with van der Waals surface area (Å²) >= 11 is 0. The maximum absolute atomic E-state index is 12.2. The molecule has 1 aliphatic heterocycles. The number of hydrogen-bond acceptors (Lipinski definition) is 6. The molecule has 0 aliphatic carbocycles. The fourth-order valence-corrected chi connectivity index (χ4v) is 3.29. The number of carbonyl (C=O) groups is 2. The average Bonchev–Trinajstić information content (AvgIpc) is 3.45. The number of benzene rings is 2. The molecule has 0 fully saturated rings. The maximum atomic E-state index is 12.2. The summed E-state index contributed by atoms with van der Waals surface area (Å²) in [5, 5.41) is 10.8. The molecule has 1 aromatic heterocycles. The van der Waals surface area contributed by atoms with Gasteiger partial charge >= 0.3 is 0 Å². The Bertz CT molecular complexity index is 1190. The lowest BCUT2D eigenvalue weighted by Gasteiger charge is -2.14. The fraction of sp³-hybridized carbons (Fsp3) is 0.120. The number of amides is 1. The van der Waals surface area contributed by atoms with Crippen LogP contribution < -0.4 is 5.32 Å². The van der Waals surface area contributed by atoms with Crippen molar-refractivity contribution in [3.8, 4) is 11.3 Å². The van der Waals surface area contributed by atoms with Crippen LogP contribution in [0.2, 0.25) is 0 Å². The summed E-state index contributed by atoms with van der Waals surface area (Å²) in [6.45, 7) is 1.70. The smallest absolute Gasteiger partial charge is 0.261 e. The molecule has 0 saturated heterocycles. The highest BCUT2D eigenvalue weighted by atomic mass is 16.5. The standard InChI is InChI=1S/C25H21N3O4/c1-17-24(20-5-3-2-4-6-20)25(28-27-17)31-16-23(30)26-14-13-21-11-12-22(32-21)19-9-7-18(15-29)8-10-19/h2-15,24H,16H2,1H3,(H,26,30)/b14-13+. The third-order valence-corrected chi connectivity index (χ3v) is 4.91. The summed E-state index contributed by atoms with van der Waals surface area (Å²) in [4.78, 5) is 22.9. The van der Waals surface area contributed by atoms with E-state index in [0.717, 1.165) is 23.1 Å². The third-order valence-electron chi connectivity index (χ3n) is 4.91. The van der Waals surface area contributed by atoms with Gasteiger partial charge in [0.15, 0.2) is 6.61 Å². The Morgan fingerprint density at radius 2 is 1.84 bits per heavy atom. The first-order valence-electron chi connectivity index (χ1n) is 10.0.